The monoisotopic (exact) mass is 221 g/mol. The van der Waals surface area contributed by atoms with Gasteiger partial charge >= 0.3 is 5.97 Å². The Balaban J connectivity index is 3.21. The Hall–Kier alpha value is -1.89. The van der Waals surface area contributed by atoms with Gasteiger partial charge in [0.05, 0.1) is 18.1 Å². The van der Waals surface area contributed by atoms with Gasteiger partial charge < -0.3 is 4.74 Å². The molecule has 0 unspecified atom stereocenters. The van der Waals surface area contributed by atoms with Gasteiger partial charge in [0.2, 0.25) is 0 Å². The second-order valence-electron chi connectivity index (χ2n) is 3.92. The predicted molar refractivity (Wildman–Crippen MR) is 56.2 cm³/mol. The SMILES string of the molecule is COC(=O)C(C)(C)c1ccc(C#N)c(F)c1. The smallest absolute Gasteiger partial charge is 0.315 e. The van der Waals surface area contributed by atoms with Crippen molar-refractivity contribution in [3.63, 3.8) is 0 Å². The van der Waals surface area contributed by atoms with Crippen molar-refractivity contribution in [1.82, 2.24) is 0 Å². The van der Waals surface area contributed by atoms with E-state index in [2.05, 4.69) is 4.74 Å². The number of nitriles is 1. The molecule has 0 fully saturated rings. The molecule has 0 heterocycles. The van der Waals surface area contributed by atoms with E-state index in [1.165, 1.54) is 19.2 Å². The van der Waals surface area contributed by atoms with Crippen LogP contribution in [-0.4, -0.2) is 13.1 Å². The Morgan fingerprint density at radius 2 is 2.12 bits per heavy atom. The van der Waals surface area contributed by atoms with Crippen LogP contribution in [0.1, 0.15) is 25.0 Å². The standard InChI is InChI=1S/C12H12FNO2/c1-12(2,11(15)16-3)9-5-4-8(7-14)10(13)6-9/h4-6H,1-3H3. The van der Waals surface area contributed by atoms with E-state index in [1.807, 2.05) is 0 Å². The molecule has 0 spiro atoms. The van der Waals surface area contributed by atoms with E-state index in [9.17, 15) is 9.18 Å². The highest BCUT2D eigenvalue weighted by atomic mass is 19.1. The van der Waals surface area contributed by atoms with E-state index < -0.39 is 17.2 Å². The molecule has 0 aliphatic rings. The van der Waals surface area contributed by atoms with E-state index >= 15 is 0 Å². The number of benzene rings is 1. The summed E-state index contributed by atoms with van der Waals surface area (Å²) in [5.74, 6) is -1.08. The minimum Gasteiger partial charge on any atom is -0.468 e. The fraction of sp³-hybridized carbons (Fsp3) is 0.333. The number of rotatable bonds is 2. The van der Waals surface area contributed by atoms with Crippen LogP contribution in [0.3, 0.4) is 0 Å². The lowest BCUT2D eigenvalue weighted by atomic mass is 9.84. The first kappa shape index (κ1) is 12.2. The average Bonchev–Trinajstić information content (AvgIpc) is 2.27. The Labute approximate surface area is 93.5 Å². The Morgan fingerprint density at radius 1 is 1.50 bits per heavy atom. The summed E-state index contributed by atoms with van der Waals surface area (Å²) in [4.78, 5) is 11.5. The van der Waals surface area contributed by atoms with Gasteiger partial charge in [-0.05, 0) is 31.5 Å². The number of hydrogen-bond donors (Lipinski definition) is 0. The van der Waals surface area contributed by atoms with Crippen LogP contribution in [0.25, 0.3) is 0 Å². The number of halogens is 1. The van der Waals surface area contributed by atoms with Crippen molar-refractivity contribution < 1.29 is 13.9 Å². The van der Waals surface area contributed by atoms with Crippen LogP contribution in [0, 0.1) is 17.1 Å². The quantitative estimate of drug-likeness (QED) is 0.719. The second-order valence-corrected chi connectivity index (χ2v) is 3.92. The second kappa shape index (κ2) is 4.31. The summed E-state index contributed by atoms with van der Waals surface area (Å²) >= 11 is 0. The van der Waals surface area contributed by atoms with Gasteiger partial charge in [-0.25, -0.2) is 4.39 Å². The van der Waals surface area contributed by atoms with Gasteiger partial charge in [0.15, 0.2) is 0 Å². The molecule has 0 bridgehead atoms. The summed E-state index contributed by atoms with van der Waals surface area (Å²) in [7, 11) is 1.28. The van der Waals surface area contributed by atoms with Gasteiger partial charge in [-0.2, -0.15) is 5.26 Å². The van der Waals surface area contributed by atoms with Crippen molar-refractivity contribution in [3.05, 3.63) is 35.1 Å². The molecule has 0 atom stereocenters. The van der Waals surface area contributed by atoms with Crippen LogP contribution in [0.15, 0.2) is 18.2 Å². The van der Waals surface area contributed by atoms with Crippen molar-refractivity contribution in [2.24, 2.45) is 0 Å². The van der Waals surface area contributed by atoms with Gasteiger partial charge in [-0.1, -0.05) is 6.07 Å². The molecule has 0 radical (unpaired) electrons. The molecule has 3 nitrogen and oxygen atoms in total. The van der Waals surface area contributed by atoms with E-state index in [0.29, 0.717) is 5.56 Å². The molecule has 1 aromatic carbocycles. The number of esters is 1. The normalized spacial score (nSPS) is 10.7. The third kappa shape index (κ3) is 2.03. The minimum absolute atomic E-state index is 0.0376. The third-order valence-electron chi connectivity index (χ3n) is 2.51. The van der Waals surface area contributed by atoms with E-state index in [0.717, 1.165) is 0 Å². The van der Waals surface area contributed by atoms with Gasteiger partial charge in [0.1, 0.15) is 11.9 Å². The highest BCUT2D eigenvalue weighted by Crippen LogP contribution is 2.26. The zero-order valence-electron chi connectivity index (χ0n) is 9.37. The molecular formula is C12H12FNO2. The lowest BCUT2D eigenvalue weighted by molar-refractivity contribution is -0.146. The summed E-state index contributed by atoms with van der Waals surface area (Å²) in [5.41, 5.74) is -0.482. The zero-order valence-corrected chi connectivity index (χ0v) is 9.37. The lowest BCUT2D eigenvalue weighted by Crippen LogP contribution is -2.30. The van der Waals surface area contributed by atoms with E-state index in [4.69, 9.17) is 5.26 Å². The number of carbonyl (C=O) groups is 1. The Morgan fingerprint density at radius 3 is 2.56 bits per heavy atom. The highest BCUT2D eigenvalue weighted by Gasteiger charge is 2.31. The molecule has 1 rings (SSSR count). The Bertz CT molecular complexity index is 461. The van der Waals surface area contributed by atoms with Gasteiger partial charge in [-0.3, -0.25) is 4.79 Å². The molecule has 0 N–H and O–H groups in total. The maximum absolute atomic E-state index is 13.4. The third-order valence-corrected chi connectivity index (χ3v) is 2.51. The summed E-state index contributed by atoms with van der Waals surface area (Å²) in [6.45, 7) is 3.28. The van der Waals surface area contributed by atoms with Crippen LogP contribution < -0.4 is 0 Å². The maximum atomic E-state index is 13.4. The molecule has 1 aromatic rings. The molecule has 0 saturated heterocycles. The van der Waals surface area contributed by atoms with Crippen molar-refractivity contribution >= 4 is 5.97 Å². The maximum Gasteiger partial charge on any atom is 0.315 e. The first-order valence-electron chi connectivity index (χ1n) is 4.72. The summed E-state index contributed by atoms with van der Waals surface area (Å²) in [5, 5.41) is 8.59. The summed E-state index contributed by atoms with van der Waals surface area (Å²) in [6.07, 6.45) is 0. The molecule has 0 amide bonds. The molecule has 84 valence electrons. The van der Waals surface area contributed by atoms with E-state index in [-0.39, 0.29) is 5.56 Å². The number of carbonyl (C=O) groups excluding carboxylic acids is 1. The van der Waals surface area contributed by atoms with E-state index in [1.54, 1.807) is 26.0 Å². The number of nitrogens with zero attached hydrogens (tertiary/aromatic N) is 1. The largest absolute Gasteiger partial charge is 0.468 e. The van der Waals surface area contributed by atoms with Crippen molar-refractivity contribution in [1.29, 1.82) is 5.26 Å². The highest BCUT2D eigenvalue weighted by molar-refractivity contribution is 5.82. The molecule has 0 aliphatic carbocycles. The van der Waals surface area contributed by atoms with Gasteiger partial charge in [0.25, 0.3) is 0 Å². The average molecular weight is 221 g/mol. The molecule has 4 heteroatoms. The van der Waals surface area contributed by atoms with Crippen molar-refractivity contribution in [3.8, 4) is 6.07 Å². The predicted octanol–water partition coefficient (Wildman–Crippen LogP) is 2.15. The topological polar surface area (TPSA) is 50.1 Å². The summed E-state index contributed by atoms with van der Waals surface area (Å²) < 4.78 is 18.0. The zero-order chi connectivity index (χ0) is 12.3. The fourth-order valence-corrected chi connectivity index (χ4v) is 1.37. The van der Waals surface area contributed by atoms with Crippen LogP contribution in [0.2, 0.25) is 0 Å². The van der Waals surface area contributed by atoms with Crippen LogP contribution in [0.4, 0.5) is 4.39 Å². The Kier molecular flexibility index (Phi) is 3.28. The van der Waals surface area contributed by atoms with Gasteiger partial charge in [-0.15, -0.1) is 0 Å². The fourth-order valence-electron chi connectivity index (χ4n) is 1.37. The number of hydrogen-bond acceptors (Lipinski definition) is 3. The summed E-state index contributed by atoms with van der Waals surface area (Å²) in [6, 6.07) is 5.83. The number of methoxy groups -OCH3 is 1. The van der Waals surface area contributed by atoms with Crippen LogP contribution >= 0.6 is 0 Å². The van der Waals surface area contributed by atoms with Gasteiger partial charge in [0, 0.05) is 0 Å². The first-order valence-corrected chi connectivity index (χ1v) is 4.72. The molecule has 0 saturated carbocycles. The molecule has 0 aliphatic heterocycles. The van der Waals surface area contributed by atoms with Crippen molar-refractivity contribution in [2.45, 2.75) is 19.3 Å². The lowest BCUT2D eigenvalue weighted by Gasteiger charge is -2.22. The molecule has 16 heavy (non-hydrogen) atoms. The minimum atomic E-state index is -0.927. The van der Waals surface area contributed by atoms with Crippen LogP contribution in [-0.2, 0) is 14.9 Å². The first-order chi connectivity index (χ1) is 7.43. The number of ether oxygens (including phenoxy) is 1. The van der Waals surface area contributed by atoms with Crippen LogP contribution in [0.5, 0.6) is 0 Å². The molecule has 0 aromatic heterocycles. The van der Waals surface area contributed by atoms with Crippen molar-refractivity contribution in [2.75, 3.05) is 7.11 Å². The molecular weight excluding hydrogens is 209 g/mol.